The van der Waals surface area contributed by atoms with E-state index in [0.717, 1.165) is 55.8 Å². The molecule has 0 aromatic carbocycles. The molecular weight excluding hydrogens is 508 g/mol. The van der Waals surface area contributed by atoms with E-state index >= 15 is 0 Å². The maximum absolute atomic E-state index is 12.6. The fourth-order valence-corrected chi connectivity index (χ4v) is 9.65. The molecule has 3 heteroatoms. The molecular formula is C33H55BrO2. The minimum absolute atomic E-state index is 0.0397. The first-order valence-electron chi connectivity index (χ1n) is 15.9. The molecule has 3 fully saturated rings. The van der Waals surface area contributed by atoms with Crippen LogP contribution in [0, 0.1) is 34.5 Å². The summed E-state index contributed by atoms with van der Waals surface area (Å²) >= 11 is 3.57. The molecule has 0 radical (unpaired) electrons. The number of ether oxygens (including phenoxy) is 1. The normalized spacial score (nSPS) is 38.5. The van der Waals surface area contributed by atoms with Crippen LogP contribution in [0.5, 0.6) is 0 Å². The van der Waals surface area contributed by atoms with Crippen LogP contribution >= 0.6 is 15.9 Å². The second-order valence-corrected chi connectivity index (χ2v) is 14.7. The lowest BCUT2D eigenvalue weighted by Crippen LogP contribution is -2.50. The third-order valence-electron chi connectivity index (χ3n) is 11.5. The van der Waals surface area contributed by atoms with Crippen LogP contribution in [0.25, 0.3) is 0 Å². The Balaban J connectivity index is 1.34. The van der Waals surface area contributed by atoms with Crippen molar-refractivity contribution in [2.75, 3.05) is 0 Å². The van der Waals surface area contributed by atoms with Gasteiger partial charge in [-0.25, -0.2) is 0 Å². The Labute approximate surface area is 231 Å². The Morgan fingerprint density at radius 3 is 2.50 bits per heavy atom. The van der Waals surface area contributed by atoms with Crippen LogP contribution < -0.4 is 0 Å². The zero-order valence-electron chi connectivity index (χ0n) is 24.0. The molecule has 3 saturated carbocycles. The predicted octanol–water partition coefficient (Wildman–Crippen LogP) is 10.2. The van der Waals surface area contributed by atoms with Gasteiger partial charge >= 0.3 is 5.97 Å². The highest BCUT2D eigenvalue weighted by Gasteiger charge is 2.58. The molecule has 0 aromatic heterocycles. The van der Waals surface area contributed by atoms with Crippen LogP contribution in [-0.4, -0.2) is 16.9 Å². The molecule has 0 saturated heterocycles. The second-order valence-electron chi connectivity index (χ2n) is 13.5. The van der Waals surface area contributed by atoms with Gasteiger partial charge in [-0.05, 0) is 92.3 Å². The van der Waals surface area contributed by atoms with E-state index in [9.17, 15) is 4.79 Å². The van der Waals surface area contributed by atoms with E-state index in [1.54, 1.807) is 5.57 Å². The van der Waals surface area contributed by atoms with Gasteiger partial charge in [0.15, 0.2) is 0 Å². The van der Waals surface area contributed by atoms with Gasteiger partial charge in [-0.3, -0.25) is 4.79 Å². The first-order valence-corrected chi connectivity index (χ1v) is 16.8. The first kappa shape index (κ1) is 28.7. The van der Waals surface area contributed by atoms with Crippen LogP contribution in [0.2, 0.25) is 0 Å². The lowest BCUT2D eigenvalue weighted by atomic mass is 9.47. The summed E-state index contributed by atoms with van der Waals surface area (Å²) in [7, 11) is 0. The number of rotatable bonds is 12. The Kier molecular flexibility index (Phi) is 10.1. The van der Waals surface area contributed by atoms with E-state index in [1.165, 1.54) is 83.5 Å². The lowest BCUT2D eigenvalue weighted by molar-refractivity contribution is -0.150. The van der Waals surface area contributed by atoms with Gasteiger partial charge in [-0.1, -0.05) is 107 Å². The van der Waals surface area contributed by atoms with E-state index in [0.29, 0.717) is 10.8 Å². The molecule has 8 atom stereocenters. The molecule has 36 heavy (non-hydrogen) atoms. The number of hydrogen-bond acceptors (Lipinski definition) is 2. The maximum atomic E-state index is 12.6. The highest BCUT2D eigenvalue weighted by Crippen LogP contribution is 2.66. The standard InChI is InChI=1S/C33H55BrO2/c1-5-7-9-10-11-12-13-24-16-18-28-27-17-15-25-23-26(36-31(35)30(34)14-8-6-2)19-21-33(25,4)29(27)20-22-32(24,28)3/h15,24,26-30H,5-14,16-23H2,1-4H3/t24-,26-,27+,28-,29+,30+,32+,33-/m0/s1. The van der Waals surface area contributed by atoms with Crippen molar-refractivity contribution in [2.24, 2.45) is 34.5 Å². The third kappa shape index (κ3) is 5.96. The number of carbonyl (C=O) groups is 1. The highest BCUT2D eigenvalue weighted by atomic mass is 79.9. The fourth-order valence-electron chi connectivity index (χ4n) is 9.22. The molecule has 0 N–H and O–H groups in total. The van der Waals surface area contributed by atoms with Gasteiger partial charge in [0.2, 0.25) is 0 Å². The molecule has 0 aromatic rings. The number of allylic oxidation sites excluding steroid dienone is 1. The molecule has 0 unspecified atom stereocenters. The third-order valence-corrected chi connectivity index (χ3v) is 12.3. The number of hydrogen-bond donors (Lipinski definition) is 0. The Morgan fingerprint density at radius 1 is 0.972 bits per heavy atom. The van der Waals surface area contributed by atoms with Crippen molar-refractivity contribution in [1.29, 1.82) is 0 Å². The van der Waals surface area contributed by atoms with Crippen molar-refractivity contribution in [3.63, 3.8) is 0 Å². The molecule has 206 valence electrons. The number of esters is 1. The van der Waals surface area contributed by atoms with E-state index in [2.05, 4.69) is 49.7 Å². The number of fused-ring (bicyclic) bond motifs is 5. The number of unbranched alkanes of at least 4 members (excludes halogenated alkanes) is 6. The summed E-state index contributed by atoms with van der Waals surface area (Å²) in [6.07, 6.45) is 26.1. The molecule has 0 amide bonds. The van der Waals surface area contributed by atoms with Gasteiger partial charge < -0.3 is 4.74 Å². The van der Waals surface area contributed by atoms with E-state index in [4.69, 9.17) is 4.74 Å². The van der Waals surface area contributed by atoms with Crippen LogP contribution in [0.3, 0.4) is 0 Å². The molecule has 0 heterocycles. The summed E-state index contributed by atoms with van der Waals surface area (Å²) < 4.78 is 6.02. The van der Waals surface area contributed by atoms with Crippen LogP contribution in [0.4, 0.5) is 0 Å². The highest BCUT2D eigenvalue weighted by molar-refractivity contribution is 9.10. The molecule has 4 aliphatic carbocycles. The maximum Gasteiger partial charge on any atom is 0.320 e. The quantitative estimate of drug-likeness (QED) is 0.102. The largest absolute Gasteiger partial charge is 0.461 e. The minimum atomic E-state index is -0.141. The Hall–Kier alpha value is -0.310. The SMILES string of the molecule is CCCCCCCC[C@H]1CC[C@H]2[C@H]3CC=C4C[C@@H](OC(=O)[C@H](Br)CCCC)CC[C@]4(C)[C@@H]3CC[C@]12C. The Morgan fingerprint density at radius 2 is 1.72 bits per heavy atom. The number of alkyl halides is 1. The second kappa shape index (κ2) is 12.7. The van der Waals surface area contributed by atoms with Gasteiger partial charge in [0, 0.05) is 6.42 Å². The topological polar surface area (TPSA) is 26.3 Å². The van der Waals surface area contributed by atoms with Gasteiger partial charge in [-0.2, -0.15) is 0 Å². The van der Waals surface area contributed by atoms with Crippen molar-refractivity contribution >= 4 is 21.9 Å². The van der Waals surface area contributed by atoms with Gasteiger partial charge in [0.1, 0.15) is 10.9 Å². The number of carbonyl (C=O) groups excluding carboxylic acids is 1. The van der Waals surface area contributed by atoms with Crippen molar-refractivity contribution in [3.8, 4) is 0 Å². The summed E-state index contributed by atoms with van der Waals surface area (Å²) in [4.78, 5) is 12.5. The Bertz CT molecular complexity index is 761. The van der Waals surface area contributed by atoms with E-state index in [1.807, 2.05) is 0 Å². The van der Waals surface area contributed by atoms with Gasteiger partial charge in [-0.15, -0.1) is 0 Å². The number of halogens is 1. The van der Waals surface area contributed by atoms with Gasteiger partial charge in [0.05, 0.1) is 0 Å². The summed E-state index contributed by atoms with van der Waals surface area (Å²) in [5.74, 6) is 3.58. The average molecular weight is 564 g/mol. The van der Waals surface area contributed by atoms with Crippen molar-refractivity contribution in [2.45, 2.75) is 154 Å². The summed E-state index contributed by atoms with van der Waals surface area (Å²) in [5.41, 5.74) is 2.54. The average Bonchev–Trinajstić information content (AvgIpc) is 3.21. The van der Waals surface area contributed by atoms with Crippen molar-refractivity contribution in [3.05, 3.63) is 11.6 Å². The zero-order valence-corrected chi connectivity index (χ0v) is 25.5. The summed E-state index contributed by atoms with van der Waals surface area (Å²) in [6.45, 7) is 9.75. The molecule has 0 aliphatic heterocycles. The fraction of sp³-hybridized carbons (Fsp3) is 0.909. The molecule has 2 nitrogen and oxygen atoms in total. The zero-order chi connectivity index (χ0) is 25.8. The van der Waals surface area contributed by atoms with Crippen LogP contribution in [0.1, 0.15) is 143 Å². The smallest absolute Gasteiger partial charge is 0.320 e. The van der Waals surface area contributed by atoms with Crippen LogP contribution in [-0.2, 0) is 9.53 Å². The van der Waals surface area contributed by atoms with E-state index < -0.39 is 0 Å². The van der Waals surface area contributed by atoms with E-state index in [-0.39, 0.29) is 16.9 Å². The van der Waals surface area contributed by atoms with Crippen molar-refractivity contribution < 1.29 is 9.53 Å². The van der Waals surface area contributed by atoms with Crippen LogP contribution in [0.15, 0.2) is 11.6 Å². The summed E-state index contributed by atoms with van der Waals surface area (Å²) in [5, 5.41) is 0. The molecule has 4 rings (SSSR count). The molecule has 4 aliphatic rings. The monoisotopic (exact) mass is 562 g/mol. The predicted molar refractivity (Wildman–Crippen MR) is 155 cm³/mol. The van der Waals surface area contributed by atoms with Crippen molar-refractivity contribution in [1.82, 2.24) is 0 Å². The first-order chi connectivity index (χ1) is 17.3. The summed E-state index contributed by atoms with van der Waals surface area (Å²) in [6, 6.07) is 0. The molecule has 0 spiro atoms. The molecule has 0 bridgehead atoms. The van der Waals surface area contributed by atoms with Gasteiger partial charge in [0.25, 0.3) is 0 Å². The minimum Gasteiger partial charge on any atom is -0.461 e. The lowest BCUT2D eigenvalue weighted by Gasteiger charge is -2.58.